The van der Waals surface area contributed by atoms with Crippen molar-refractivity contribution in [2.45, 2.75) is 52.4 Å². The number of hydrogen-bond donors (Lipinski definition) is 1. The summed E-state index contributed by atoms with van der Waals surface area (Å²) in [4.78, 5) is 16.8. The van der Waals surface area contributed by atoms with Crippen LogP contribution in [0, 0.1) is 11.3 Å². The van der Waals surface area contributed by atoms with Gasteiger partial charge in [0.25, 0.3) is 0 Å². The first-order valence-electron chi connectivity index (χ1n) is 9.38. The molecular formula is C18H35N3O. The van der Waals surface area contributed by atoms with Crippen molar-refractivity contribution in [2.24, 2.45) is 11.3 Å². The summed E-state index contributed by atoms with van der Waals surface area (Å²) in [5, 5.41) is 3.44. The summed E-state index contributed by atoms with van der Waals surface area (Å²) in [7, 11) is 1.96. The number of likely N-dealkylation sites (tertiary alicyclic amines) is 2. The number of hydrogen-bond acceptors (Lipinski definition) is 3. The summed E-state index contributed by atoms with van der Waals surface area (Å²) in [5.41, 5.74) is 0.0139. The SMILES string of the molecule is CC.CN1CCC2(CCN(CCC3CCNCC3)CC2)C1=O. The van der Waals surface area contributed by atoms with Crippen LogP contribution < -0.4 is 5.32 Å². The van der Waals surface area contributed by atoms with Crippen LogP contribution in [0.3, 0.4) is 0 Å². The van der Waals surface area contributed by atoms with Crippen molar-refractivity contribution in [3.63, 3.8) is 0 Å². The van der Waals surface area contributed by atoms with Gasteiger partial charge in [0, 0.05) is 13.6 Å². The molecule has 0 aliphatic carbocycles. The molecule has 4 nitrogen and oxygen atoms in total. The van der Waals surface area contributed by atoms with Crippen molar-refractivity contribution in [3.8, 4) is 0 Å². The van der Waals surface area contributed by atoms with E-state index in [0.717, 1.165) is 44.8 Å². The van der Waals surface area contributed by atoms with E-state index in [1.165, 1.54) is 38.9 Å². The highest BCUT2D eigenvalue weighted by molar-refractivity contribution is 5.84. The number of piperidine rings is 2. The van der Waals surface area contributed by atoms with Crippen molar-refractivity contribution >= 4 is 5.91 Å². The third-order valence-corrected chi connectivity index (χ3v) is 5.85. The van der Waals surface area contributed by atoms with Gasteiger partial charge in [0.05, 0.1) is 5.41 Å². The zero-order chi connectivity index (χ0) is 16.0. The molecule has 0 aromatic carbocycles. The number of nitrogens with zero attached hydrogens (tertiary/aromatic N) is 2. The van der Waals surface area contributed by atoms with Crippen LogP contribution in [-0.2, 0) is 4.79 Å². The molecule has 1 spiro atoms. The second-order valence-corrected chi connectivity index (χ2v) is 7.08. The highest BCUT2D eigenvalue weighted by Gasteiger charge is 2.46. The molecule has 3 saturated heterocycles. The minimum Gasteiger partial charge on any atom is -0.345 e. The summed E-state index contributed by atoms with van der Waals surface area (Å²) in [5.74, 6) is 1.34. The predicted octanol–water partition coefficient (Wildman–Crippen LogP) is 2.35. The van der Waals surface area contributed by atoms with Gasteiger partial charge in [0.2, 0.25) is 5.91 Å². The van der Waals surface area contributed by atoms with E-state index in [1.54, 1.807) is 0 Å². The molecule has 0 aromatic rings. The second kappa shape index (κ2) is 8.30. The summed E-state index contributed by atoms with van der Waals surface area (Å²) in [6.45, 7) is 10.9. The smallest absolute Gasteiger partial charge is 0.228 e. The van der Waals surface area contributed by atoms with Gasteiger partial charge in [-0.1, -0.05) is 13.8 Å². The zero-order valence-corrected chi connectivity index (χ0v) is 14.9. The predicted molar refractivity (Wildman–Crippen MR) is 91.9 cm³/mol. The molecule has 3 aliphatic heterocycles. The van der Waals surface area contributed by atoms with Gasteiger partial charge in [-0.25, -0.2) is 0 Å². The lowest BCUT2D eigenvalue weighted by molar-refractivity contribution is -0.137. The Balaban J connectivity index is 0.000000847. The summed E-state index contributed by atoms with van der Waals surface area (Å²) >= 11 is 0. The number of nitrogens with one attached hydrogen (secondary N) is 1. The van der Waals surface area contributed by atoms with Crippen LogP contribution in [0.2, 0.25) is 0 Å². The van der Waals surface area contributed by atoms with Gasteiger partial charge in [-0.05, 0) is 77.2 Å². The Kier molecular flexibility index (Phi) is 6.69. The molecule has 0 bridgehead atoms. The Morgan fingerprint density at radius 2 is 1.68 bits per heavy atom. The molecule has 0 radical (unpaired) electrons. The first-order valence-corrected chi connectivity index (χ1v) is 9.38. The number of carbonyl (C=O) groups is 1. The fraction of sp³-hybridized carbons (Fsp3) is 0.944. The molecule has 0 aromatic heterocycles. The maximum Gasteiger partial charge on any atom is 0.228 e. The highest BCUT2D eigenvalue weighted by atomic mass is 16.2. The maximum atomic E-state index is 12.3. The average molecular weight is 309 g/mol. The average Bonchev–Trinajstić information content (AvgIpc) is 2.86. The maximum absolute atomic E-state index is 12.3. The molecule has 4 heteroatoms. The van der Waals surface area contributed by atoms with Crippen molar-refractivity contribution in [3.05, 3.63) is 0 Å². The van der Waals surface area contributed by atoms with E-state index >= 15 is 0 Å². The summed E-state index contributed by atoms with van der Waals surface area (Å²) in [6.07, 6.45) is 7.31. The molecule has 128 valence electrons. The highest BCUT2D eigenvalue weighted by Crippen LogP contribution is 2.41. The molecule has 3 fully saturated rings. The Morgan fingerprint density at radius 1 is 1.09 bits per heavy atom. The van der Waals surface area contributed by atoms with Gasteiger partial charge in [-0.15, -0.1) is 0 Å². The van der Waals surface area contributed by atoms with Gasteiger partial charge < -0.3 is 15.1 Å². The number of rotatable bonds is 3. The first-order chi connectivity index (χ1) is 10.7. The van der Waals surface area contributed by atoms with Crippen LogP contribution in [0.1, 0.15) is 52.4 Å². The molecular weight excluding hydrogens is 274 g/mol. The van der Waals surface area contributed by atoms with Crippen molar-refractivity contribution in [1.29, 1.82) is 0 Å². The lowest BCUT2D eigenvalue weighted by atomic mass is 9.77. The fourth-order valence-electron chi connectivity index (χ4n) is 4.20. The van der Waals surface area contributed by atoms with E-state index in [2.05, 4.69) is 10.2 Å². The fourth-order valence-corrected chi connectivity index (χ4v) is 4.20. The van der Waals surface area contributed by atoms with Crippen molar-refractivity contribution in [2.75, 3.05) is 46.3 Å². The van der Waals surface area contributed by atoms with E-state index in [9.17, 15) is 4.79 Å². The molecule has 3 rings (SSSR count). The van der Waals surface area contributed by atoms with Crippen LogP contribution in [0.4, 0.5) is 0 Å². The third kappa shape index (κ3) is 4.02. The first kappa shape index (κ1) is 17.7. The third-order valence-electron chi connectivity index (χ3n) is 5.85. The molecule has 0 atom stereocenters. The largest absolute Gasteiger partial charge is 0.345 e. The van der Waals surface area contributed by atoms with E-state index in [1.807, 2.05) is 25.8 Å². The summed E-state index contributed by atoms with van der Waals surface area (Å²) < 4.78 is 0. The quantitative estimate of drug-likeness (QED) is 0.869. The Labute approximate surface area is 136 Å². The van der Waals surface area contributed by atoms with Gasteiger partial charge >= 0.3 is 0 Å². The van der Waals surface area contributed by atoms with E-state index in [4.69, 9.17) is 0 Å². The van der Waals surface area contributed by atoms with E-state index in [-0.39, 0.29) is 5.41 Å². The van der Waals surface area contributed by atoms with Gasteiger partial charge in [-0.2, -0.15) is 0 Å². The summed E-state index contributed by atoms with van der Waals surface area (Å²) in [6, 6.07) is 0. The van der Waals surface area contributed by atoms with Crippen LogP contribution in [0.5, 0.6) is 0 Å². The van der Waals surface area contributed by atoms with Crippen molar-refractivity contribution < 1.29 is 4.79 Å². The Bertz CT molecular complexity index is 344. The molecule has 0 unspecified atom stereocenters. The minimum absolute atomic E-state index is 0.0139. The minimum atomic E-state index is 0.0139. The lowest BCUT2D eigenvalue weighted by Gasteiger charge is -2.38. The van der Waals surface area contributed by atoms with Crippen LogP contribution in [0.15, 0.2) is 0 Å². The molecule has 3 heterocycles. The molecule has 0 saturated carbocycles. The van der Waals surface area contributed by atoms with Crippen LogP contribution in [0.25, 0.3) is 0 Å². The Hall–Kier alpha value is -0.610. The lowest BCUT2D eigenvalue weighted by Crippen LogP contribution is -2.44. The normalized spacial score (nSPS) is 26.1. The van der Waals surface area contributed by atoms with Crippen molar-refractivity contribution in [1.82, 2.24) is 15.1 Å². The standard InChI is InChI=1S/C16H29N3O.C2H6/c1-18-11-5-16(15(18)20)6-12-19(13-7-16)10-4-14-2-8-17-9-3-14;1-2/h14,17H,2-13H2,1H3;1-2H3. The number of amides is 1. The number of carbonyl (C=O) groups excluding carboxylic acids is 1. The van der Waals surface area contributed by atoms with Gasteiger partial charge in [0.1, 0.15) is 0 Å². The molecule has 1 N–H and O–H groups in total. The Morgan fingerprint density at radius 3 is 2.23 bits per heavy atom. The van der Waals surface area contributed by atoms with Crippen LogP contribution >= 0.6 is 0 Å². The van der Waals surface area contributed by atoms with E-state index < -0.39 is 0 Å². The van der Waals surface area contributed by atoms with Gasteiger partial charge in [-0.3, -0.25) is 4.79 Å². The van der Waals surface area contributed by atoms with Gasteiger partial charge in [0.15, 0.2) is 0 Å². The second-order valence-electron chi connectivity index (χ2n) is 7.08. The monoisotopic (exact) mass is 309 g/mol. The molecule has 3 aliphatic rings. The zero-order valence-electron chi connectivity index (χ0n) is 14.9. The topological polar surface area (TPSA) is 35.6 Å². The molecule has 22 heavy (non-hydrogen) atoms. The molecule has 1 amide bonds. The van der Waals surface area contributed by atoms with E-state index in [0.29, 0.717) is 5.91 Å². The van der Waals surface area contributed by atoms with Crippen LogP contribution in [-0.4, -0.2) is 62.0 Å².